The second-order valence-electron chi connectivity index (χ2n) is 6.42. The molecule has 6 heteroatoms. The van der Waals surface area contributed by atoms with Crippen molar-refractivity contribution in [3.05, 3.63) is 57.1 Å². The van der Waals surface area contributed by atoms with Crippen molar-refractivity contribution in [2.75, 3.05) is 6.61 Å². The summed E-state index contributed by atoms with van der Waals surface area (Å²) in [5.41, 5.74) is 5.60. The number of H-pyrrole nitrogens is 1. The lowest BCUT2D eigenvalue weighted by atomic mass is 10.0. The van der Waals surface area contributed by atoms with Crippen molar-refractivity contribution in [1.82, 2.24) is 14.6 Å². The van der Waals surface area contributed by atoms with Crippen LogP contribution in [0, 0.1) is 20.8 Å². The highest BCUT2D eigenvalue weighted by atomic mass is 16.5. The highest BCUT2D eigenvalue weighted by Gasteiger charge is 2.18. The summed E-state index contributed by atoms with van der Waals surface area (Å²) in [5, 5.41) is 3.11. The summed E-state index contributed by atoms with van der Waals surface area (Å²) >= 11 is 0. The largest absolute Gasteiger partial charge is 0.466 e. The zero-order valence-corrected chi connectivity index (χ0v) is 15.5. The first kappa shape index (κ1) is 17.9. The third-order valence-corrected chi connectivity index (χ3v) is 4.49. The van der Waals surface area contributed by atoms with Crippen molar-refractivity contribution in [3.63, 3.8) is 0 Å². The zero-order chi connectivity index (χ0) is 18.8. The number of nitrogens with one attached hydrogen (secondary N) is 1. The Balaban J connectivity index is 2.07. The van der Waals surface area contributed by atoms with Gasteiger partial charge >= 0.3 is 5.97 Å². The molecular weight excluding hydrogens is 330 g/mol. The van der Waals surface area contributed by atoms with Crippen LogP contribution < -0.4 is 5.56 Å². The first-order valence-corrected chi connectivity index (χ1v) is 8.75. The fraction of sp³-hybridized carbons (Fsp3) is 0.350. The molecule has 0 bridgehead atoms. The van der Waals surface area contributed by atoms with Crippen molar-refractivity contribution in [2.24, 2.45) is 0 Å². The van der Waals surface area contributed by atoms with Crippen LogP contribution in [0.15, 0.2) is 29.1 Å². The maximum atomic E-state index is 12.9. The van der Waals surface area contributed by atoms with Gasteiger partial charge < -0.3 is 4.74 Å². The Morgan fingerprint density at radius 1 is 1.19 bits per heavy atom. The Bertz CT molecular complexity index is 1010. The number of nitrogens with zero attached hydrogens (tertiary/aromatic N) is 2. The molecule has 3 aromatic rings. The van der Waals surface area contributed by atoms with Gasteiger partial charge in [0, 0.05) is 28.9 Å². The molecule has 136 valence electrons. The summed E-state index contributed by atoms with van der Waals surface area (Å²) in [4.78, 5) is 29.2. The van der Waals surface area contributed by atoms with Crippen LogP contribution in [-0.4, -0.2) is 27.2 Å². The normalized spacial score (nSPS) is 11.1. The third-order valence-electron chi connectivity index (χ3n) is 4.49. The average Bonchev–Trinajstić information content (AvgIpc) is 2.92. The number of aromatic amines is 1. The van der Waals surface area contributed by atoms with Crippen molar-refractivity contribution < 1.29 is 9.53 Å². The SMILES string of the molecule is CCOC(=O)CCc1c(C)nc2c(-c3ccc(C)cc3)c(C)[nH]n2c1=O. The predicted octanol–water partition coefficient (Wildman–Crippen LogP) is 3.11. The second kappa shape index (κ2) is 7.15. The van der Waals surface area contributed by atoms with E-state index in [9.17, 15) is 9.59 Å². The number of rotatable bonds is 5. The monoisotopic (exact) mass is 353 g/mol. The lowest BCUT2D eigenvalue weighted by Crippen LogP contribution is -2.23. The maximum Gasteiger partial charge on any atom is 0.306 e. The first-order valence-electron chi connectivity index (χ1n) is 8.75. The fourth-order valence-corrected chi connectivity index (χ4v) is 3.14. The van der Waals surface area contributed by atoms with Gasteiger partial charge in [-0.05, 0) is 39.7 Å². The minimum Gasteiger partial charge on any atom is -0.466 e. The van der Waals surface area contributed by atoms with Gasteiger partial charge in [0.15, 0.2) is 5.65 Å². The maximum absolute atomic E-state index is 12.9. The van der Waals surface area contributed by atoms with E-state index in [1.807, 2.05) is 45.0 Å². The minimum absolute atomic E-state index is 0.168. The Kier molecular flexibility index (Phi) is 4.93. The number of hydrogen-bond donors (Lipinski definition) is 1. The molecule has 3 rings (SSSR count). The summed E-state index contributed by atoms with van der Waals surface area (Å²) in [6.07, 6.45) is 0.486. The summed E-state index contributed by atoms with van der Waals surface area (Å²) in [6.45, 7) is 7.87. The number of carbonyl (C=O) groups excluding carboxylic acids is 1. The smallest absolute Gasteiger partial charge is 0.306 e. The van der Waals surface area contributed by atoms with Crippen molar-refractivity contribution in [2.45, 2.75) is 40.5 Å². The van der Waals surface area contributed by atoms with E-state index in [4.69, 9.17) is 4.74 Å². The van der Waals surface area contributed by atoms with Gasteiger partial charge in [0.2, 0.25) is 0 Å². The van der Waals surface area contributed by atoms with Crippen molar-refractivity contribution >= 4 is 11.6 Å². The summed E-state index contributed by atoms with van der Waals surface area (Å²) < 4.78 is 6.42. The van der Waals surface area contributed by atoms with Gasteiger partial charge in [-0.25, -0.2) is 9.50 Å². The van der Waals surface area contributed by atoms with Gasteiger partial charge in [-0.1, -0.05) is 29.8 Å². The van der Waals surface area contributed by atoms with Crippen molar-refractivity contribution in [1.29, 1.82) is 0 Å². The zero-order valence-electron chi connectivity index (χ0n) is 15.5. The summed E-state index contributed by atoms with van der Waals surface area (Å²) in [6, 6.07) is 8.14. The average molecular weight is 353 g/mol. The number of benzene rings is 1. The standard InChI is InChI=1S/C20H23N3O3/c1-5-26-17(24)11-10-16-13(3)21-19-18(14(4)22-23(19)20(16)25)15-8-6-12(2)7-9-15/h6-9,22H,5,10-11H2,1-4H3. The molecule has 2 aromatic heterocycles. The number of carbonyl (C=O) groups is 1. The molecule has 1 N–H and O–H groups in total. The number of fused-ring (bicyclic) bond motifs is 1. The van der Waals surface area contributed by atoms with E-state index >= 15 is 0 Å². The third kappa shape index (κ3) is 3.27. The molecule has 0 radical (unpaired) electrons. The number of aryl methyl sites for hydroxylation is 3. The Morgan fingerprint density at radius 2 is 1.88 bits per heavy atom. The van der Waals surface area contributed by atoms with Gasteiger partial charge in [0.1, 0.15) is 0 Å². The first-order chi connectivity index (χ1) is 12.4. The molecule has 0 saturated carbocycles. The Labute approximate surface area is 151 Å². The molecule has 1 aromatic carbocycles. The molecule has 0 spiro atoms. The quantitative estimate of drug-likeness (QED) is 0.715. The molecule has 0 atom stereocenters. The number of aromatic nitrogens is 3. The lowest BCUT2D eigenvalue weighted by Gasteiger charge is -2.07. The van der Waals surface area contributed by atoms with Crippen LogP contribution in [0.1, 0.15) is 35.9 Å². The van der Waals surface area contributed by atoms with Gasteiger partial charge in [-0.3, -0.25) is 14.7 Å². The molecule has 0 aliphatic rings. The van der Waals surface area contributed by atoms with E-state index in [1.54, 1.807) is 6.92 Å². The second-order valence-corrected chi connectivity index (χ2v) is 6.42. The molecule has 0 amide bonds. The van der Waals surface area contributed by atoms with Crippen LogP contribution in [0.2, 0.25) is 0 Å². The molecular formula is C20H23N3O3. The summed E-state index contributed by atoms with van der Waals surface area (Å²) in [7, 11) is 0. The molecule has 26 heavy (non-hydrogen) atoms. The Morgan fingerprint density at radius 3 is 2.54 bits per heavy atom. The molecule has 0 aliphatic carbocycles. The van der Waals surface area contributed by atoms with E-state index in [1.165, 1.54) is 10.1 Å². The highest BCUT2D eigenvalue weighted by molar-refractivity contribution is 5.80. The molecule has 0 saturated heterocycles. The Hall–Kier alpha value is -2.89. The van der Waals surface area contributed by atoms with Gasteiger partial charge in [0.25, 0.3) is 5.56 Å². The van der Waals surface area contributed by atoms with Crippen LogP contribution in [0.4, 0.5) is 0 Å². The van der Waals surface area contributed by atoms with E-state index < -0.39 is 0 Å². The van der Waals surface area contributed by atoms with Crippen LogP contribution in [0.3, 0.4) is 0 Å². The summed E-state index contributed by atoms with van der Waals surface area (Å²) in [5.74, 6) is -0.306. The van der Waals surface area contributed by atoms with Crippen LogP contribution in [0.25, 0.3) is 16.8 Å². The number of ether oxygens (including phenoxy) is 1. The van der Waals surface area contributed by atoms with E-state index in [0.29, 0.717) is 29.9 Å². The van der Waals surface area contributed by atoms with E-state index in [-0.39, 0.29) is 17.9 Å². The van der Waals surface area contributed by atoms with Gasteiger partial charge in [0.05, 0.1) is 6.61 Å². The molecule has 6 nitrogen and oxygen atoms in total. The van der Waals surface area contributed by atoms with Crippen LogP contribution in [0.5, 0.6) is 0 Å². The fourth-order valence-electron chi connectivity index (χ4n) is 3.14. The van der Waals surface area contributed by atoms with E-state index in [2.05, 4.69) is 10.1 Å². The highest BCUT2D eigenvalue weighted by Crippen LogP contribution is 2.27. The van der Waals surface area contributed by atoms with Crippen molar-refractivity contribution in [3.8, 4) is 11.1 Å². The molecule has 2 heterocycles. The minimum atomic E-state index is -0.306. The molecule has 0 aliphatic heterocycles. The lowest BCUT2D eigenvalue weighted by molar-refractivity contribution is -0.143. The van der Waals surface area contributed by atoms with Crippen LogP contribution in [-0.2, 0) is 16.0 Å². The van der Waals surface area contributed by atoms with Gasteiger partial charge in [-0.15, -0.1) is 0 Å². The topological polar surface area (TPSA) is 76.5 Å². The molecule has 0 unspecified atom stereocenters. The predicted molar refractivity (Wildman–Crippen MR) is 100 cm³/mol. The van der Waals surface area contributed by atoms with Gasteiger partial charge in [-0.2, -0.15) is 0 Å². The van der Waals surface area contributed by atoms with Crippen LogP contribution >= 0.6 is 0 Å². The number of hydrogen-bond acceptors (Lipinski definition) is 4. The van der Waals surface area contributed by atoms with E-state index in [0.717, 1.165) is 16.8 Å². The number of esters is 1. The molecule has 0 fully saturated rings.